The van der Waals surface area contributed by atoms with Crippen molar-refractivity contribution in [3.05, 3.63) is 18.0 Å². The molecule has 0 aromatic carbocycles. The second-order valence-corrected chi connectivity index (χ2v) is 5.34. The Hall–Kier alpha value is -1.40. The maximum atomic E-state index is 11.9. The van der Waals surface area contributed by atoms with Crippen LogP contribution in [0.5, 0.6) is 0 Å². The van der Waals surface area contributed by atoms with Crippen molar-refractivity contribution in [2.75, 3.05) is 33.4 Å². The monoisotopic (exact) mass is 268 g/mol. The third-order valence-electron chi connectivity index (χ3n) is 2.60. The largest absolute Gasteiger partial charge is 0.383 e. The number of methoxy groups -OCH3 is 1. The molecule has 108 valence electrons. The normalized spacial score (nSPS) is 11.6. The van der Waals surface area contributed by atoms with E-state index in [4.69, 9.17) is 4.74 Å². The summed E-state index contributed by atoms with van der Waals surface area (Å²) in [7, 11) is 1.66. The first-order valence-electron chi connectivity index (χ1n) is 6.48. The Morgan fingerprint density at radius 3 is 2.68 bits per heavy atom. The molecule has 0 aliphatic rings. The molecule has 0 spiro atoms. The van der Waals surface area contributed by atoms with Crippen molar-refractivity contribution < 1.29 is 9.53 Å². The van der Waals surface area contributed by atoms with Crippen LogP contribution < -0.4 is 10.6 Å². The lowest BCUT2D eigenvalue weighted by molar-refractivity contribution is 0.0953. The summed E-state index contributed by atoms with van der Waals surface area (Å²) in [6, 6.07) is 0. The SMILES string of the molecule is COCCNCCNC(=O)c1cnn(C(C)(C)C)c1. The first-order valence-corrected chi connectivity index (χ1v) is 6.48. The van der Waals surface area contributed by atoms with Gasteiger partial charge in [-0.15, -0.1) is 0 Å². The predicted octanol–water partition coefficient (Wildman–Crippen LogP) is 0.604. The molecule has 0 atom stereocenters. The number of hydrogen-bond acceptors (Lipinski definition) is 4. The van der Waals surface area contributed by atoms with Gasteiger partial charge in [-0.2, -0.15) is 5.10 Å². The van der Waals surface area contributed by atoms with E-state index in [-0.39, 0.29) is 11.4 Å². The fourth-order valence-corrected chi connectivity index (χ4v) is 1.47. The minimum absolute atomic E-state index is 0.0935. The Labute approximate surface area is 114 Å². The van der Waals surface area contributed by atoms with Crippen molar-refractivity contribution in [2.24, 2.45) is 0 Å². The molecule has 0 fully saturated rings. The van der Waals surface area contributed by atoms with Crippen LogP contribution in [0.15, 0.2) is 12.4 Å². The molecule has 0 unspecified atom stereocenters. The zero-order valence-corrected chi connectivity index (χ0v) is 12.2. The van der Waals surface area contributed by atoms with Crippen molar-refractivity contribution in [3.8, 4) is 0 Å². The number of ether oxygens (including phenoxy) is 1. The maximum Gasteiger partial charge on any atom is 0.254 e. The van der Waals surface area contributed by atoms with Crippen LogP contribution in [-0.2, 0) is 10.3 Å². The molecule has 1 amide bonds. The molecular formula is C13H24N4O2. The van der Waals surface area contributed by atoms with Gasteiger partial charge in [0.25, 0.3) is 5.91 Å². The molecule has 19 heavy (non-hydrogen) atoms. The molecule has 6 heteroatoms. The Morgan fingerprint density at radius 2 is 2.11 bits per heavy atom. The van der Waals surface area contributed by atoms with Crippen LogP contribution in [0.3, 0.4) is 0 Å². The fraction of sp³-hybridized carbons (Fsp3) is 0.692. The zero-order valence-electron chi connectivity index (χ0n) is 12.2. The molecule has 1 heterocycles. The fourth-order valence-electron chi connectivity index (χ4n) is 1.47. The molecule has 0 saturated carbocycles. The number of hydrogen-bond donors (Lipinski definition) is 2. The molecule has 1 rings (SSSR count). The van der Waals surface area contributed by atoms with Crippen molar-refractivity contribution in [1.29, 1.82) is 0 Å². The van der Waals surface area contributed by atoms with E-state index in [1.54, 1.807) is 24.2 Å². The van der Waals surface area contributed by atoms with E-state index in [0.29, 0.717) is 18.7 Å². The van der Waals surface area contributed by atoms with Gasteiger partial charge in [0.1, 0.15) is 0 Å². The first-order chi connectivity index (χ1) is 8.95. The number of rotatable bonds is 7. The highest BCUT2D eigenvalue weighted by Crippen LogP contribution is 2.12. The van der Waals surface area contributed by atoms with E-state index in [2.05, 4.69) is 15.7 Å². The summed E-state index contributed by atoms with van der Waals surface area (Å²) in [5.41, 5.74) is 0.479. The van der Waals surface area contributed by atoms with Gasteiger partial charge in [-0.25, -0.2) is 0 Å². The summed E-state index contributed by atoms with van der Waals surface area (Å²) >= 11 is 0. The average Bonchev–Trinajstić information content (AvgIpc) is 2.82. The van der Waals surface area contributed by atoms with Crippen LogP contribution in [0.25, 0.3) is 0 Å². The van der Waals surface area contributed by atoms with Crippen LogP contribution >= 0.6 is 0 Å². The lowest BCUT2D eigenvalue weighted by Crippen LogP contribution is -2.33. The topological polar surface area (TPSA) is 68.2 Å². The Morgan fingerprint density at radius 1 is 1.37 bits per heavy atom. The van der Waals surface area contributed by atoms with E-state index in [1.165, 1.54) is 0 Å². The summed E-state index contributed by atoms with van der Waals surface area (Å²) in [5.74, 6) is -0.0935. The molecular weight excluding hydrogens is 244 g/mol. The van der Waals surface area contributed by atoms with Gasteiger partial charge < -0.3 is 15.4 Å². The molecule has 6 nitrogen and oxygen atoms in total. The van der Waals surface area contributed by atoms with Crippen molar-refractivity contribution in [1.82, 2.24) is 20.4 Å². The highest BCUT2D eigenvalue weighted by molar-refractivity contribution is 5.93. The number of nitrogens with zero attached hydrogens (tertiary/aromatic N) is 2. The maximum absolute atomic E-state index is 11.9. The van der Waals surface area contributed by atoms with Gasteiger partial charge in [0.05, 0.1) is 23.9 Å². The van der Waals surface area contributed by atoms with Crippen molar-refractivity contribution >= 4 is 5.91 Å². The van der Waals surface area contributed by atoms with Gasteiger partial charge in [-0.05, 0) is 20.8 Å². The first kappa shape index (κ1) is 15.7. The van der Waals surface area contributed by atoms with E-state index in [1.807, 2.05) is 20.8 Å². The predicted molar refractivity (Wildman–Crippen MR) is 74.3 cm³/mol. The molecule has 0 bridgehead atoms. The van der Waals surface area contributed by atoms with Gasteiger partial charge in [0.15, 0.2) is 0 Å². The second kappa shape index (κ2) is 7.25. The van der Waals surface area contributed by atoms with Gasteiger partial charge in [-0.3, -0.25) is 9.48 Å². The van der Waals surface area contributed by atoms with Crippen LogP contribution in [0.4, 0.5) is 0 Å². The van der Waals surface area contributed by atoms with Gasteiger partial charge in [-0.1, -0.05) is 0 Å². The molecule has 2 N–H and O–H groups in total. The molecule has 1 aromatic heterocycles. The minimum Gasteiger partial charge on any atom is -0.383 e. The third kappa shape index (κ3) is 5.40. The smallest absolute Gasteiger partial charge is 0.254 e. The number of carbonyl (C=O) groups is 1. The molecule has 0 radical (unpaired) electrons. The molecule has 0 saturated heterocycles. The molecule has 0 aliphatic heterocycles. The Balaban J connectivity index is 2.32. The Bertz CT molecular complexity index is 396. The zero-order chi connectivity index (χ0) is 14.3. The number of carbonyl (C=O) groups excluding carboxylic acids is 1. The molecule has 1 aromatic rings. The Kier molecular flexibility index (Phi) is 5.98. The number of amides is 1. The molecule has 0 aliphatic carbocycles. The van der Waals surface area contributed by atoms with E-state index < -0.39 is 0 Å². The summed E-state index contributed by atoms with van der Waals surface area (Å²) in [4.78, 5) is 11.9. The van der Waals surface area contributed by atoms with Crippen molar-refractivity contribution in [3.63, 3.8) is 0 Å². The van der Waals surface area contributed by atoms with Gasteiger partial charge >= 0.3 is 0 Å². The summed E-state index contributed by atoms with van der Waals surface area (Å²) in [5, 5.41) is 10.2. The van der Waals surface area contributed by atoms with E-state index in [0.717, 1.165) is 13.1 Å². The van der Waals surface area contributed by atoms with Crippen molar-refractivity contribution in [2.45, 2.75) is 26.3 Å². The third-order valence-corrected chi connectivity index (χ3v) is 2.60. The van der Waals surface area contributed by atoms with E-state index >= 15 is 0 Å². The van der Waals surface area contributed by atoms with E-state index in [9.17, 15) is 4.79 Å². The lowest BCUT2D eigenvalue weighted by atomic mass is 10.1. The highest BCUT2D eigenvalue weighted by Gasteiger charge is 2.16. The van der Waals surface area contributed by atoms with Gasteiger partial charge in [0, 0.05) is 32.9 Å². The quantitative estimate of drug-likeness (QED) is 0.711. The van der Waals surface area contributed by atoms with Crippen LogP contribution in [0.2, 0.25) is 0 Å². The summed E-state index contributed by atoms with van der Waals surface area (Å²) in [6.45, 7) is 8.90. The van der Waals surface area contributed by atoms with Crippen LogP contribution in [0, 0.1) is 0 Å². The summed E-state index contributed by atoms with van der Waals surface area (Å²) < 4.78 is 6.70. The van der Waals surface area contributed by atoms with Gasteiger partial charge in [0.2, 0.25) is 0 Å². The summed E-state index contributed by atoms with van der Waals surface area (Å²) in [6.07, 6.45) is 3.37. The minimum atomic E-state index is -0.111. The number of aromatic nitrogens is 2. The average molecular weight is 268 g/mol. The van der Waals surface area contributed by atoms with Crippen LogP contribution in [0.1, 0.15) is 31.1 Å². The second-order valence-electron chi connectivity index (χ2n) is 5.34. The standard InChI is InChI=1S/C13H24N4O2/c1-13(2,3)17-10-11(9-16-17)12(18)15-6-5-14-7-8-19-4/h9-10,14H,5-8H2,1-4H3,(H,15,18). The lowest BCUT2D eigenvalue weighted by Gasteiger charge is -2.18. The number of nitrogens with one attached hydrogen (secondary N) is 2. The highest BCUT2D eigenvalue weighted by atomic mass is 16.5. The van der Waals surface area contributed by atoms with Crippen LogP contribution in [-0.4, -0.2) is 49.0 Å².